The van der Waals surface area contributed by atoms with E-state index in [9.17, 15) is 0 Å². The van der Waals surface area contributed by atoms with Gasteiger partial charge in [0.2, 0.25) is 0 Å². The van der Waals surface area contributed by atoms with Gasteiger partial charge in [-0.25, -0.2) is 15.0 Å². The van der Waals surface area contributed by atoms with Gasteiger partial charge in [0, 0.05) is 47.6 Å². The van der Waals surface area contributed by atoms with Crippen LogP contribution >= 0.6 is 11.3 Å². The molecule has 0 unspecified atom stereocenters. The molecule has 0 aliphatic carbocycles. The Morgan fingerprint density at radius 2 is 1.04 bits per heavy atom. The van der Waals surface area contributed by atoms with Crippen molar-refractivity contribution in [3.63, 3.8) is 0 Å². The highest BCUT2D eigenvalue weighted by Gasteiger charge is 2.18. The van der Waals surface area contributed by atoms with Crippen molar-refractivity contribution < 1.29 is 4.42 Å². The quantitative estimate of drug-likeness (QED) is 0.194. The molecule has 10 aromatic rings. The monoisotopic (exact) mass is 631 g/mol. The highest BCUT2D eigenvalue weighted by Crippen LogP contribution is 2.40. The van der Waals surface area contributed by atoms with Gasteiger partial charge in [-0.05, 0) is 52.2 Å². The third-order valence-electron chi connectivity index (χ3n) is 9.14. The molecule has 0 N–H and O–H groups in total. The van der Waals surface area contributed by atoms with Crippen molar-refractivity contribution in [2.24, 2.45) is 0 Å². The minimum Gasteiger partial charge on any atom is -0.456 e. The van der Waals surface area contributed by atoms with E-state index in [2.05, 4.69) is 133 Å². The summed E-state index contributed by atoms with van der Waals surface area (Å²) in [6, 6.07) is 52.7. The maximum absolute atomic E-state index is 6.17. The van der Waals surface area contributed by atoms with Crippen molar-refractivity contribution in [3.05, 3.63) is 152 Å². The Balaban J connectivity index is 1.15. The van der Waals surface area contributed by atoms with Gasteiger partial charge in [0.15, 0.2) is 17.5 Å². The zero-order chi connectivity index (χ0) is 31.6. The van der Waals surface area contributed by atoms with Crippen molar-refractivity contribution in [2.45, 2.75) is 0 Å². The smallest absolute Gasteiger partial charge is 0.165 e. The van der Waals surface area contributed by atoms with Crippen molar-refractivity contribution in [1.29, 1.82) is 0 Å². The van der Waals surface area contributed by atoms with Crippen LogP contribution in [0.3, 0.4) is 0 Å². The third-order valence-corrected chi connectivity index (χ3v) is 10.4. The van der Waals surface area contributed by atoms with Crippen LogP contribution in [0.4, 0.5) is 0 Å². The summed E-state index contributed by atoms with van der Waals surface area (Å²) in [6.45, 7) is 0. The molecule has 0 aliphatic heterocycles. The lowest BCUT2D eigenvalue weighted by Crippen LogP contribution is -2.00. The van der Waals surface area contributed by atoms with Crippen LogP contribution in [-0.4, -0.2) is 15.0 Å². The van der Waals surface area contributed by atoms with Crippen LogP contribution in [-0.2, 0) is 0 Å². The van der Waals surface area contributed by atoms with Crippen molar-refractivity contribution in [1.82, 2.24) is 15.0 Å². The fourth-order valence-corrected chi connectivity index (χ4v) is 8.03. The number of hydrogen-bond acceptors (Lipinski definition) is 5. The molecule has 7 aromatic carbocycles. The largest absolute Gasteiger partial charge is 0.456 e. The van der Waals surface area contributed by atoms with Gasteiger partial charge in [0.05, 0.1) is 0 Å². The summed E-state index contributed by atoms with van der Waals surface area (Å²) in [5.41, 5.74) is 6.91. The molecule has 10 rings (SSSR count). The Morgan fingerprint density at radius 3 is 1.94 bits per heavy atom. The Morgan fingerprint density at radius 1 is 0.417 bits per heavy atom. The fourth-order valence-electron chi connectivity index (χ4n) is 6.82. The molecule has 0 fully saturated rings. The molecule has 3 heterocycles. The van der Waals surface area contributed by atoms with Crippen LogP contribution in [0.25, 0.3) is 98.2 Å². The predicted octanol–water partition coefficient (Wildman–Crippen LogP) is 12.0. The molecule has 0 saturated carbocycles. The predicted molar refractivity (Wildman–Crippen MR) is 199 cm³/mol. The molecular weight excluding hydrogens is 607 g/mol. The number of aromatic nitrogens is 3. The molecular formula is C43H25N3OS. The van der Waals surface area contributed by atoms with Crippen molar-refractivity contribution >= 4 is 64.2 Å². The van der Waals surface area contributed by atoms with Gasteiger partial charge in [-0.1, -0.05) is 121 Å². The Hall–Kier alpha value is -6.17. The van der Waals surface area contributed by atoms with E-state index in [4.69, 9.17) is 19.4 Å². The molecule has 0 amide bonds. The minimum atomic E-state index is 0.639. The summed E-state index contributed by atoms with van der Waals surface area (Å²) in [7, 11) is 0. The molecule has 3 aromatic heterocycles. The Labute approximate surface area is 279 Å². The SMILES string of the molecule is c1ccc2cc(-c3nc(-c4ccc(-c5cccc6oc7ccccc7c56)cc4)nc(-c4cccc5c4sc4ccccc45)n3)ccc2c1. The Kier molecular flexibility index (Phi) is 6.01. The second-order valence-electron chi connectivity index (χ2n) is 12.0. The average molecular weight is 632 g/mol. The van der Waals surface area contributed by atoms with Crippen LogP contribution in [0.15, 0.2) is 156 Å². The number of thiophene rings is 1. The second kappa shape index (κ2) is 10.7. The second-order valence-corrected chi connectivity index (χ2v) is 13.1. The first-order chi connectivity index (χ1) is 23.8. The molecule has 5 heteroatoms. The van der Waals surface area contributed by atoms with E-state index in [1.165, 1.54) is 25.6 Å². The van der Waals surface area contributed by atoms with E-state index in [1.54, 1.807) is 11.3 Å². The lowest BCUT2D eigenvalue weighted by molar-refractivity contribution is 0.669. The molecule has 0 saturated heterocycles. The van der Waals surface area contributed by atoms with Gasteiger partial charge in [-0.15, -0.1) is 11.3 Å². The standard InChI is InChI=1S/C43H25N3OS/c1-2-10-29-25-30(24-19-26(29)9-1)42-44-41(45-43(46-42)35-15-7-14-33-32-11-4-6-18-38(32)48-40(33)35)28-22-20-27(21-23-28)31-13-8-17-37-39(31)34-12-3-5-16-36(34)47-37/h1-25H. The van der Waals surface area contributed by atoms with Gasteiger partial charge in [-0.3, -0.25) is 0 Å². The first-order valence-electron chi connectivity index (χ1n) is 15.9. The molecule has 0 radical (unpaired) electrons. The van der Waals surface area contributed by atoms with E-state index in [-0.39, 0.29) is 0 Å². The zero-order valence-corrected chi connectivity index (χ0v) is 26.4. The first-order valence-corrected chi connectivity index (χ1v) is 16.8. The number of furan rings is 1. The summed E-state index contributed by atoms with van der Waals surface area (Å²) >= 11 is 1.78. The molecule has 224 valence electrons. The molecule has 0 bridgehead atoms. The van der Waals surface area contributed by atoms with E-state index in [1.807, 2.05) is 18.2 Å². The first kappa shape index (κ1) is 27.0. The highest BCUT2D eigenvalue weighted by atomic mass is 32.1. The number of benzene rings is 7. The molecule has 0 atom stereocenters. The van der Waals surface area contributed by atoms with Crippen molar-refractivity contribution in [3.8, 4) is 45.3 Å². The molecule has 4 nitrogen and oxygen atoms in total. The highest BCUT2D eigenvalue weighted by molar-refractivity contribution is 7.26. The summed E-state index contributed by atoms with van der Waals surface area (Å²) in [5.74, 6) is 1.95. The van der Waals surface area contributed by atoms with Gasteiger partial charge < -0.3 is 4.42 Å². The lowest BCUT2D eigenvalue weighted by atomic mass is 9.98. The summed E-state index contributed by atoms with van der Waals surface area (Å²) in [4.78, 5) is 15.3. The van der Waals surface area contributed by atoms with Crippen LogP contribution in [0.1, 0.15) is 0 Å². The number of para-hydroxylation sites is 1. The van der Waals surface area contributed by atoms with Crippen LogP contribution in [0, 0.1) is 0 Å². The van der Waals surface area contributed by atoms with E-state index in [0.29, 0.717) is 17.5 Å². The normalized spacial score (nSPS) is 11.8. The fraction of sp³-hybridized carbons (Fsp3) is 0. The summed E-state index contributed by atoms with van der Waals surface area (Å²) in [6.07, 6.45) is 0. The third kappa shape index (κ3) is 4.33. The molecule has 48 heavy (non-hydrogen) atoms. The van der Waals surface area contributed by atoms with Crippen LogP contribution < -0.4 is 0 Å². The van der Waals surface area contributed by atoms with Gasteiger partial charge in [0.1, 0.15) is 11.2 Å². The van der Waals surface area contributed by atoms with E-state index in [0.717, 1.165) is 55.1 Å². The summed E-state index contributed by atoms with van der Waals surface area (Å²) in [5, 5.41) is 7.03. The van der Waals surface area contributed by atoms with Gasteiger partial charge >= 0.3 is 0 Å². The van der Waals surface area contributed by atoms with Crippen LogP contribution in [0.5, 0.6) is 0 Å². The van der Waals surface area contributed by atoms with Crippen molar-refractivity contribution in [2.75, 3.05) is 0 Å². The van der Waals surface area contributed by atoms with Crippen LogP contribution in [0.2, 0.25) is 0 Å². The molecule has 0 spiro atoms. The molecule has 0 aliphatic rings. The number of nitrogens with zero attached hydrogens (tertiary/aromatic N) is 3. The number of rotatable bonds is 4. The minimum absolute atomic E-state index is 0.639. The van der Waals surface area contributed by atoms with Gasteiger partial charge in [-0.2, -0.15) is 0 Å². The van der Waals surface area contributed by atoms with E-state index >= 15 is 0 Å². The van der Waals surface area contributed by atoms with E-state index < -0.39 is 0 Å². The summed E-state index contributed by atoms with van der Waals surface area (Å²) < 4.78 is 8.60. The maximum Gasteiger partial charge on any atom is 0.165 e. The Bertz CT molecular complexity index is 2850. The number of hydrogen-bond donors (Lipinski definition) is 0. The lowest BCUT2D eigenvalue weighted by Gasteiger charge is -2.10. The maximum atomic E-state index is 6.17. The average Bonchev–Trinajstić information content (AvgIpc) is 3.73. The number of fused-ring (bicyclic) bond motifs is 7. The zero-order valence-electron chi connectivity index (χ0n) is 25.6. The topological polar surface area (TPSA) is 51.8 Å². The van der Waals surface area contributed by atoms with Gasteiger partial charge in [0.25, 0.3) is 0 Å².